The molecule has 0 saturated carbocycles. The Morgan fingerprint density at radius 2 is 1.16 bits per heavy atom. The number of unbranched alkanes of at least 4 members (excludes halogenated alkanes) is 10. The quantitative estimate of drug-likeness (QED) is 0.243. The largest absolute Gasteiger partial charge is 0.469 e. The van der Waals surface area contributed by atoms with Crippen LogP contribution in [0.1, 0.15) is 103 Å². The van der Waals surface area contributed by atoms with E-state index in [9.17, 15) is 9.59 Å². The van der Waals surface area contributed by atoms with Gasteiger partial charge in [-0.15, -0.1) is 0 Å². The molecule has 0 amide bonds. The van der Waals surface area contributed by atoms with Gasteiger partial charge in [0.15, 0.2) is 0 Å². The summed E-state index contributed by atoms with van der Waals surface area (Å²) in [4.78, 5) is 22.9. The van der Waals surface area contributed by atoms with Crippen LogP contribution in [0.25, 0.3) is 0 Å². The molecule has 0 aliphatic heterocycles. The highest BCUT2D eigenvalue weighted by Crippen LogP contribution is 2.20. The Kier molecular flexibility index (Phi) is 17.0. The van der Waals surface area contributed by atoms with Gasteiger partial charge in [0.05, 0.1) is 20.1 Å². The van der Waals surface area contributed by atoms with Gasteiger partial charge in [-0.2, -0.15) is 0 Å². The smallest absolute Gasteiger partial charge is 0.308 e. The molecule has 1 unspecified atom stereocenters. The maximum atomic E-state index is 11.9. The zero-order valence-electron chi connectivity index (χ0n) is 16.8. The van der Waals surface area contributed by atoms with Crippen molar-refractivity contribution in [1.29, 1.82) is 0 Å². The fraction of sp³-hybridized carbons (Fsp3) is 0.905. The SMILES string of the molecule is CCCCCCCCC(CCCCCCCCC(=O)OC)C(=O)OC. The molecule has 0 aromatic heterocycles. The molecule has 0 N–H and O–H groups in total. The van der Waals surface area contributed by atoms with Gasteiger partial charge in [0.1, 0.15) is 0 Å². The standard InChI is InChI=1S/C21H40O4/c1-4-5-6-7-10-13-16-19(21(23)25-3)17-14-11-8-9-12-15-18-20(22)24-2/h19H,4-18H2,1-3H3. The molecule has 0 bridgehead atoms. The Labute approximate surface area is 155 Å². The van der Waals surface area contributed by atoms with Crippen molar-refractivity contribution in [2.24, 2.45) is 5.92 Å². The average molecular weight is 357 g/mol. The Bertz CT molecular complexity index is 328. The molecule has 4 nitrogen and oxygen atoms in total. The van der Waals surface area contributed by atoms with E-state index in [1.165, 1.54) is 52.7 Å². The third-order valence-electron chi connectivity index (χ3n) is 4.85. The van der Waals surface area contributed by atoms with Crippen molar-refractivity contribution in [3.8, 4) is 0 Å². The number of ether oxygens (including phenoxy) is 2. The third-order valence-corrected chi connectivity index (χ3v) is 4.85. The highest BCUT2D eigenvalue weighted by Gasteiger charge is 2.18. The summed E-state index contributed by atoms with van der Waals surface area (Å²) in [5, 5.41) is 0. The Hall–Kier alpha value is -1.06. The molecule has 148 valence electrons. The summed E-state index contributed by atoms with van der Waals surface area (Å²) in [5.41, 5.74) is 0. The van der Waals surface area contributed by atoms with E-state index in [2.05, 4.69) is 11.7 Å². The maximum Gasteiger partial charge on any atom is 0.308 e. The van der Waals surface area contributed by atoms with Gasteiger partial charge in [0, 0.05) is 6.42 Å². The van der Waals surface area contributed by atoms with Crippen LogP contribution in [0, 0.1) is 5.92 Å². The number of esters is 2. The van der Waals surface area contributed by atoms with Crippen molar-refractivity contribution in [2.75, 3.05) is 14.2 Å². The minimum absolute atomic E-state index is 0.0355. The number of carbonyl (C=O) groups is 2. The van der Waals surface area contributed by atoms with Crippen LogP contribution in [0.3, 0.4) is 0 Å². The topological polar surface area (TPSA) is 52.6 Å². The Morgan fingerprint density at radius 1 is 0.680 bits per heavy atom. The molecule has 0 rings (SSSR count). The lowest BCUT2D eigenvalue weighted by atomic mass is 9.94. The summed E-state index contributed by atoms with van der Waals surface area (Å²) in [6.45, 7) is 2.23. The van der Waals surface area contributed by atoms with Gasteiger partial charge in [0.25, 0.3) is 0 Å². The number of hydrogen-bond acceptors (Lipinski definition) is 4. The van der Waals surface area contributed by atoms with Crippen molar-refractivity contribution in [3.63, 3.8) is 0 Å². The van der Waals surface area contributed by atoms with Gasteiger partial charge in [-0.1, -0.05) is 77.6 Å². The second-order valence-electron chi connectivity index (χ2n) is 7.01. The fourth-order valence-corrected chi connectivity index (χ4v) is 3.19. The number of hydrogen-bond donors (Lipinski definition) is 0. The predicted molar refractivity (Wildman–Crippen MR) is 102 cm³/mol. The summed E-state index contributed by atoms with van der Waals surface area (Å²) >= 11 is 0. The number of methoxy groups -OCH3 is 2. The van der Waals surface area contributed by atoms with Crippen molar-refractivity contribution in [2.45, 2.75) is 103 Å². The highest BCUT2D eigenvalue weighted by atomic mass is 16.5. The molecule has 0 aliphatic carbocycles. The number of rotatable bonds is 17. The van der Waals surface area contributed by atoms with Crippen molar-refractivity contribution < 1.29 is 19.1 Å². The van der Waals surface area contributed by atoms with E-state index in [0.717, 1.165) is 51.4 Å². The van der Waals surface area contributed by atoms with Crippen LogP contribution in [0.4, 0.5) is 0 Å². The van der Waals surface area contributed by atoms with Gasteiger partial charge in [0.2, 0.25) is 0 Å². The first-order valence-corrected chi connectivity index (χ1v) is 10.3. The summed E-state index contributed by atoms with van der Waals surface area (Å²) in [7, 11) is 2.93. The van der Waals surface area contributed by atoms with Crippen LogP contribution in [0.5, 0.6) is 0 Å². The first-order chi connectivity index (χ1) is 12.2. The summed E-state index contributed by atoms with van der Waals surface area (Å²) in [5.74, 6) is -0.0715. The normalized spacial score (nSPS) is 12.0. The minimum Gasteiger partial charge on any atom is -0.469 e. The third kappa shape index (κ3) is 14.9. The molecular weight excluding hydrogens is 316 g/mol. The monoisotopic (exact) mass is 356 g/mol. The molecule has 0 heterocycles. The van der Waals surface area contributed by atoms with Crippen LogP contribution >= 0.6 is 0 Å². The van der Waals surface area contributed by atoms with E-state index in [0.29, 0.717) is 6.42 Å². The molecule has 0 fully saturated rings. The van der Waals surface area contributed by atoms with Crippen LogP contribution in [-0.2, 0) is 19.1 Å². The van der Waals surface area contributed by atoms with Crippen molar-refractivity contribution >= 4 is 11.9 Å². The molecule has 0 radical (unpaired) electrons. The molecular formula is C21H40O4. The van der Waals surface area contributed by atoms with E-state index in [4.69, 9.17) is 4.74 Å². The van der Waals surface area contributed by atoms with Crippen LogP contribution in [0.15, 0.2) is 0 Å². The van der Waals surface area contributed by atoms with E-state index < -0.39 is 0 Å². The summed E-state index contributed by atoms with van der Waals surface area (Å²) in [6.07, 6.45) is 16.6. The van der Waals surface area contributed by atoms with E-state index in [1.807, 2.05) is 0 Å². The lowest BCUT2D eigenvalue weighted by Gasteiger charge is -2.14. The van der Waals surface area contributed by atoms with Crippen molar-refractivity contribution in [3.05, 3.63) is 0 Å². The first kappa shape index (κ1) is 23.9. The summed E-state index contributed by atoms with van der Waals surface area (Å²) < 4.78 is 9.60. The molecule has 0 aromatic rings. The van der Waals surface area contributed by atoms with Crippen LogP contribution in [0.2, 0.25) is 0 Å². The number of carbonyl (C=O) groups excluding carboxylic acids is 2. The average Bonchev–Trinajstić information content (AvgIpc) is 2.63. The molecule has 1 atom stereocenters. The maximum absolute atomic E-state index is 11.9. The second-order valence-corrected chi connectivity index (χ2v) is 7.01. The Morgan fingerprint density at radius 3 is 1.64 bits per heavy atom. The van der Waals surface area contributed by atoms with E-state index >= 15 is 0 Å². The lowest BCUT2D eigenvalue weighted by Crippen LogP contribution is -2.16. The fourth-order valence-electron chi connectivity index (χ4n) is 3.19. The zero-order chi connectivity index (χ0) is 18.8. The van der Waals surface area contributed by atoms with Crippen LogP contribution < -0.4 is 0 Å². The van der Waals surface area contributed by atoms with E-state index in [1.54, 1.807) is 0 Å². The van der Waals surface area contributed by atoms with Gasteiger partial charge in [-0.25, -0.2) is 0 Å². The molecule has 0 aromatic carbocycles. The second kappa shape index (κ2) is 17.8. The van der Waals surface area contributed by atoms with Gasteiger partial charge in [-0.05, 0) is 19.3 Å². The first-order valence-electron chi connectivity index (χ1n) is 10.3. The lowest BCUT2D eigenvalue weighted by molar-refractivity contribution is -0.146. The summed E-state index contributed by atoms with van der Waals surface area (Å²) in [6, 6.07) is 0. The van der Waals surface area contributed by atoms with Gasteiger partial charge < -0.3 is 9.47 Å². The van der Waals surface area contributed by atoms with E-state index in [-0.39, 0.29) is 17.9 Å². The van der Waals surface area contributed by atoms with Gasteiger partial charge in [-0.3, -0.25) is 9.59 Å². The molecule has 4 heteroatoms. The molecule has 0 spiro atoms. The minimum atomic E-state index is -0.115. The van der Waals surface area contributed by atoms with Gasteiger partial charge >= 0.3 is 11.9 Å². The molecule has 25 heavy (non-hydrogen) atoms. The highest BCUT2D eigenvalue weighted by molar-refractivity contribution is 5.72. The molecule has 0 aliphatic rings. The predicted octanol–water partition coefficient (Wildman–Crippen LogP) is 5.82. The zero-order valence-corrected chi connectivity index (χ0v) is 16.8. The van der Waals surface area contributed by atoms with Crippen molar-refractivity contribution in [1.82, 2.24) is 0 Å². The molecule has 0 saturated heterocycles. The Balaban J connectivity index is 3.68. The van der Waals surface area contributed by atoms with Crippen LogP contribution in [-0.4, -0.2) is 26.2 Å².